The van der Waals surface area contributed by atoms with Gasteiger partial charge in [-0.15, -0.1) is 0 Å². The maximum atomic E-state index is 6.41. The summed E-state index contributed by atoms with van der Waals surface area (Å²) in [7, 11) is 0. The number of para-hydroxylation sites is 2. The number of aromatic nitrogens is 2. The molecule has 3 rings (SSSR count). The molecule has 2 N–H and O–H groups in total. The summed E-state index contributed by atoms with van der Waals surface area (Å²) in [6.45, 7) is 4.30. The van der Waals surface area contributed by atoms with Gasteiger partial charge in [0.25, 0.3) is 0 Å². The molecule has 1 aliphatic rings. The molecule has 1 unspecified atom stereocenters. The minimum atomic E-state index is -0.422. The fourth-order valence-electron chi connectivity index (χ4n) is 2.53. The van der Waals surface area contributed by atoms with Crippen molar-refractivity contribution in [2.45, 2.75) is 25.4 Å². The van der Waals surface area contributed by atoms with Gasteiger partial charge in [-0.1, -0.05) is 12.1 Å². The van der Waals surface area contributed by atoms with E-state index in [-0.39, 0.29) is 0 Å². The molecule has 0 radical (unpaired) electrons. The van der Waals surface area contributed by atoms with E-state index in [1.807, 2.05) is 18.2 Å². The Bertz CT molecular complexity index is 541. The lowest BCUT2D eigenvalue weighted by atomic mass is 9.99. The molecule has 1 aromatic heterocycles. The Morgan fingerprint density at radius 1 is 1.47 bits per heavy atom. The number of fused-ring (bicyclic) bond motifs is 1. The van der Waals surface area contributed by atoms with Crippen LogP contribution < -0.4 is 5.73 Å². The molecule has 1 atom stereocenters. The highest BCUT2D eigenvalue weighted by Gasteiger charge is 2.37. The monoisotopic (exact) mass is 231 g/mol. The Labute approximate surface area is 100 Å². The Morgan fingerprint density at radius 2 is 2.29 bits per heavy atom. The Morgan fingerprint density at radius 3 is 3.00 bits per heavy atom. The van der Waals surface area contributed by atoms with Gasteiger partial charge in [-0.25, -0.2) is 4.98 Å². The first-order valence-corrected chi connectivity index (χ1v) is 6.07. The Balaban J connectivity index is 2.21. The second-order valence-corrected chi connectivity index (χ2v) is 4.63. The maximum Gasteiger partial charge on any atom is 0.132 e. The van der Waals surface area contributed by atoms with E-state index in [0.717, 1.165) is 36.4 Å². The van der Waals surface area contributed by atoms with Crippen molar-refractivity contribution in [2.24, 2.45) is 5.73 Å². The standard InChI is InChI=1S/C13H17N3O/c1-2-16-11-6-4-3-5-10(11)15-12(16)13(14)7-8-17-9-13/h3-6H,2,7-9,14H2,1H3. The summed E-state index contributed by atoms with van der Waals surface area (Å²) < 4.78 is 7.63. The number of imidazole rings is 1. The van der Waals surface area contributed by atoms with Crippen molar-refractivity contribution >= 4 is 11.0 Å². The third-order valence-corrected chi connectivity index (χ3v) is 3.47. The van der Waals surface area contributed by atoms with E-state index in [2.05, 4.69) is 17.6 Å². The molecule has 0 aliphatic carbocycles. The average Bonchev–Trinajstić information content (AvgIpc) is 2.93. The summed E-state index contributed by atoms with van der Waals surface area (Å²) in [5.41, 5.74) is 8.16. The van der Waals surface area contributed by atoms with Crippen molar-refractivity contribution in [3.8, 4) is 0 Å². The second-order valence-electron chi connectivity index (χ2n) is 4.63. The van der Waals surface area contributed by atoms with Gasteiger partial charge in [-0.05, 0) is 25.5 Å². The predicted molar refractivity (Wildman–Crippen MR) is 66.7 cm³/mol. The first-order chi connectivity index (χ1) is 8.24. The normalized spacial score (nSPS) is 24.6. The Kier molecular flexibility index (Phi) is 2.42. The number of rotatable bonds is 2. The summed E-state index contributed by atoms with van der Waals surface area (Å²) in [6, 6.07) is 8.17. The lowest BCUT2D eigenvalue weighted by Crippen LogP contribution is -2.40. The fourth-order valence-corrected chi connectivity index (χ4v) is 2.53. The van der Waals surface area contributed by atoms with Gasteiger partial charge in [0.2, 0.25) is 0 Å². The van der Waals surface area contributed by atoms with Crippen LogP contribution in [-0.4, -0.2) is 22.8 Å². The highest BCUT2D eigenvalue weighted by Crippen LogP contribution is 2.29. The average molecular weight is 231 g/mol. The molecule has 17 heavy (non-hydrogen) atoms. The van der Waals surface area contributed by atoms with E-state index in [4.69, 9.17) is 15.5 Å². The number of hydrogen-bond acceptors (Lipinski definition) is 3. The van der Waals surface area contributed by atoms with Gasteiger partial charge >= 0.3 is 0 Å². The van der Waals surface area contributed by atoms with Crippen LogP contribution in [0.25, 0.3) is 11.0 Å². The van der Waals surface area contributed by atoms with Gasteiger partial charge < -0.3 is 15.0 Å². The molecule has 1 aromatic carbocycles. The number of aryl methyl sites for hydroxylation is 1. The van der Waals surface area contributed by atoms with Crippen molar-refractivity contribution < 1.29 is 4.74 Å². The smallest absolute Gasteiger partial charge is 0.132 e. The molecule has 0 amide bonds. The van der Waals surface area contributed by atoms with E-state index in [1.165, 1.54) is 0 Å². The molecule has 1 aliphatic heterocycles. The van der Waals surface area contributed by atoms with Crippen LogP contribution in [0.4, 0.5) is 0 Å². The molecule has 4 heteroatoms. The minimum Gasteiger partial charge on any atom is -0.379 e. The lowest BCUT2D eigenvalue weighted by Gasteiger charge is -2.22. The highest BCUT2D eigenvalue weighted by molar-refractivity contribution is 5.76. The van der Waals surface area contributed by atoms with Gasteiger partial charge in [0.05, 0.1) is 17.6 Å². The molecule has 90 valence electrons. The van der Waals surface area contributed by atoms with Crippen molar-refractivity contribution in [1.82, 2.24) is 9.55 Å². The summed E-state index contributed by atoms with van der Waals surface area (Å²) >= 11 is 0. The van der Waals surface area contributed by atoms with Gasteiger partial charge in [-0.2, -0.15) is 0 Å². The molecule has 2 aromatic rings. The SMILES string of the molecule is CCn1c(C2(N)CCOC2)nc2ccccc21. The Hall–Kier alpha value is -1.39. The van der Waals surface area contributed by atoms with Crippen LogP contribution in [0.15, 0.2) is 24.3 Å². The molecular weight excluding hydrogens is 214 g/mol. The van der Waals surface area contributed by atoms with E-state index in [1.54, 1.807) is 0 Å². The molecule has 0 spiro atoms. The molecular formula is C13H17N3O. The number of nitrogens with zero attached hydrogens (tertiary/aromatic N) is 2. The lowest BCUT2D eigenvalue weighted by molar-refractivity contribution is 0.175. The highest BCUT2D eigenvalue weighted by atomic mass is 16.5. The van der Waals surface area contributed by atoms with Gasteiger partial charge in [0, 0.05) is 13.2 Å². The number of nitrogens with two attached hydrogens (primary N) is 1. The fraction of sp³-hybridized carbons (Fsp3) is 0.462. The maximum absolute atomic E-state index is 6.41. The van der Waals surface area contributed by atoms with E-state index < -0.39 is 5.54 Å². The number of benzene rings is 1. The summed E-state index contributed by atoms with van der Waals surface area (Å²) in [5, 5.41) is 0. The summed E-state index contributed by atoms with van der Waals surface area (Å²) in [6.07, 6.45) is 0.844. The van der Waals surface area contributed by atoms with Crippen LogP contribution >= 0.6 is 0 Å². The van der Waals surface area contributed by atoms with E-state index in [0.29, 0.717) is 6.61 Å². The number of hydrogen-bond donors (Lipinski definition) is 1. The molecule has 4 nitrogen and oxygen atoms in total. The van der Waals surface area contributed by atoms with Crippen molar-refractivity contribution in [2.75, 3.05) is 13.2 Å². The first-order valence-electron chi connectivity index (χ1n) is 6.07. The van der Waals surface area contributed by atoms with Gasteiger partial charge in [0.1, 0.15) is 11.4 Å². The largest absolute Gasteiger partial charge is 0.379 e. The van der Waals surface area contributed by atoms with E-state index >= 15 is 0 Å². The van der Waals surface area contributed by atoms with Crippen LogP contribution in [0.2, 0.25) is 0 Å². The predicted octanol–water partition coefficient (Wildman–Crippen LogP) is 1.63. The topological polar surface area (TPSA) is 53.1 Å². The van der Waals surface area contributed by atoms with Crippen molar-refractivity contribution in [3.63, 3.8) is 0 Å². The minimum absolute atomic E-state index is 0.422. The van der Waals surface area contributed by atoms with Crippen LogP contribution in [0.3, 0.4) is 0 Å². The number of ether oxygens (including phenoxy) is 1. The summed E-state index contributed by atoms with van der Waals surface area (Å²) in [5.74, 6) is 0.957. The second kappa shape index (κ2) is 3.82. The molecule has 1 fully saturated rings. The summed E-state index contributed by atoms with van der Waals surface area (Å²) in [4.78, 5) is 4.70. The van der Waals surface area contributed by atoms with Crippen molar-refractivity contribution in [3.05, 3.63) is 30.1 Å². The van der Waals surface area contributed by atoms with Crippen molar-refractivity contribution in [1.29, 1.82) is 0 Å². The zero-order chi connectivity index (χ0) is 11.9. The van der Waals surface area contributed by atoms with E-state index in [9.17, 15) is 0 Å². The first kappa shape index (κ1) is 10.7. The zero-order valence-electron chi connectivity index (χ0n) is 10.0. The third kappa shape index (κ3) is 1.56. The molecule has 0 bridgehead atoms. The van der Waals surface area contributed by atoms with Crippen LogP contribution in [-0.2, 0) is 16.8 Å². The molecule has 2 heterocycles. The molecule has 0 saturated carbocycles. The van der Waals surface area contributed by atoms with Crippen LogP contribution in [0, 0.1) is 0 Å². The quantitative estimate of drug-likeness (QED) is 0.854. The van der Waals surface area contributed by atoms with Gasteiger partial charge in [-0.3, -0.25) is 0 Å². The zero-order valence-corrected chi connectivity index (χ0v) is 10.0. The van der Waals surface area contributed by atoms with Gasteiger partial charge in [0.15, 0.2) is 0 Å². The van der Waals surface area contributed by atoms with Crippen LogP contribution in [0.5, 0.6) is 0 Å². The van der Waals surface area contributed by atoms with Crippen LogP contribution in [0.1, 0.15) is 19.2 Å². The third-order valence-electron chi connectivity index (χ3n) is 3.47. The molecule has 1 saturated heterocycles.